The van der Waals surface area contributed by atoms with Gasteiger partial charge in [0.05, 0.1) is 6.61 Å². The molecule has 1 aromatic carbocycles. The van der Waals surface area contributed by atoms with Crippen LogP contribution in [0.1, 0.15) is 45.2 Å². The van der Waals surface area contributed by atoms with Gasteiger partial charge in [0, 0.05) is 28.8 Å². The lowest BCUT2D eigenvalue weighted by Crippen LogP contribution is -2.37. The summed E-state index contributed by atoms with van der Waals surface area (Å²) in [6.45, 7) is 7.16. The fourth-order valence-electron chi connectivity index (χ4n) is 2.49. The summed E-state index contributed by atoms with van der Waals surface area (Å²) < 4.78 is 1.04. The Balaban J connectivity index is 3.23. The Morgan fingerprint density at radius 3 is 2.42 bits per heavy atom. The highest BCUT2D eigenvalue weighted by molar-refractivity contribution is 9.10. The summed E-state index contributed by atoms with van der Waals surface area (Å²) in [5.74, 6) is 0. The van der Waals surface area contributed by atoms with Gasteiger partial charge in [-0.1, -0.05) is 35.8 Å². The molecule has 3 N–H and O–H groups in total. The van der Waals surface area contributed by atoms with Crippen LogP contribution in [-0.4, -0.2) is 24.3 Å². The molecule has 0 aliphatic heterocycles. The number of nitrogens with two attached hydrogens (primary N) is 1. The van der Waals surface area contributed by atoms with E-state index in [1.165, 1.54) is 0 Å². The summed E-state index contributed by atoms with van der Waals surface area (Å²) in [7, 11) is 0. The van der Waals surface area contributed by atoms with Crippen molar-refractivity contribution in [3.05, 3.63) is 28.2 Å². The summed E-state index contributed by atoms with van der Waals surface area (Å²) in [5.41, 5.74) is 8.34. The third-order valence-corrected chi connectivity index (χ3v) is 4.01. The molecule has 0 aromatic heterocycles. The summed E-state index contributed by atoms with van der Waals surface area (Å²) in [6, 6.07) is 6.60. The van der Waals surface area contributed by atoms with Crippen LogP contribution in [0.5, 0.6) is 0 Å². The number of benzene rings is 1. The first-order valence-corrected chi connectivity index (χ1v) is 7.76. The standard InChI is InChI=1S/C15H25BrN2O/c1-4-13(5-2)18(8-9-19)15-10-12(16)6-7-14(15)11(3)17/h6-7,10-11,13,19H,4-5,8-9,17H2,1-3H3. The lowest BCUT2D eigenvalue weighted by Gasteiger charge is -2.34. The second-order valence-electron chi connectivity index (χ2n) is 4.88. The molecule has 0 aliphatic rings. The highest BCUT2D eigenvalue weighted by atomic mass is 79.9. The van der Waals surface area contributed by atoms with Gasteiger partial charge in [0.2, 0.25) is 0 Å². The van der Waals surface area contributed by atoms with Gasteiger partial charge in [-0.05, 0) is 37.5 Å². The minimum atomic E-state index is -0.0151. The van der Waals surface area contributed by atoms with E-state index in [0.29, 0.717) is 12.6 Å². The van der Waals surface area contributed by atoms with Gasteiger partial charge in [-0.2, -0.15) is 0 Å². The number of nitrogens with zero attached hydrogens (tertiary/aromatic N) is 1. The van der Waals surface area contributed by atoms with E-state index in [2.05, 4.69) is 46.8 Å². The van der Waals surface area contributed by atoms with Gasteiger partial charge in [0.25, 0.3) is 0 Å². The van der Waals surface area contributed by atoms with E-state index >= 15 is 0 Å². The van der Waals surface area contributed by atoms with Crippen LogP contribution in [0.25, 0.3) is 0 Å². The van der Waals surface area contributed by atoms with Crippen molar-refractivity contribution in [2.24, 2.45) is 5.73 Å². The Hall–Kier alpha value is -0.580. The topological polar surface area (TPSA) is 49.5 Å². The van der Waals surface area contributed by atoms with Gasteiger partial charge in [-0.15, -0.1) is 0 Å². The second kappa shape index (κ2) is 7.88. The van der Waals surface area contributed by atoms with Gasteiger partial charge in [-0.25, -0.2) is 0 Å². The maximum Gasteiger partial charge on any atom is 0.0606 e. The van der Waals surface area contributed by atoms with E-state index in [9.17, 15) is 5.11 Å². The number of aliphatic hydroxyl groups is 1. The molecule has 0 heterocycles. The Labute approximate surface area is 124 Å². The molecular formula is C15H25BrN2O. The second-order valence-corrected chi connectivity index (χ2v) is 5.79. The molecule has 0 radical (unpaired) electrons. The molecule has 3 nitrogen and oxygen atoms in total. The van der Waals surface area contributed by atoms with E-state index in [1.807, 2.05) is 13.0 Å². The van der Waals surface area contributed by atoms with E-state index in [0.717, 1.165) is 28.6 Å². The smallest absolute Gasteiger partial charge is 0.0606 e. The predicted octanol–water partition coefficient (Wildman–Crippen LogP) is 3.46. The van der Waals surface area contributed by atoms with Gasteiger partial charge < -0.3 is 15.7 Å². The summed E-state index contributed by atoms with van der Waals surface area (Å²) in [4.78, 5) is 2.28. The quantitative estimate of drug-likeness (QED) is 0.805. The van der Waals surface area contributed by atoms with Crippen molar-refractivity contribution in [1.82, 2.24) is 0 Å². The predicted molar refractivity (Wildman–Crippen MR) is 85.5 cm³/mol. The molecule has 0 bridgehead atoms. The fourth-order valence-corrected chi connectivity index (χ4v) is 2.84. The van der Waals surface area contributed by atoms with E-state index < -0.39 is 0 Å². The van der Waals surface area contributed by atoms with Crippen molar-refractivity contribution >= 4 is 21.6 Å². The van der Waals surface area contributed by atoms with Crippen molar-refractivity contribution < 1.29 is 5.11 Å². The summed E-state index contributed by atoms with van der Waals surface area (Å²) in [6.07, 6.45) is 2.11. The molecule has 19 heavy (non-hydrogen) atoms. The number of halogens is 1. The number of rotatable bonds is 7. The first kappa shape index (κ1) is 16.5. The fraction of sp³-hybridized carbons (Fsp3) is 0.600. The van der Waals surface area contributed by atoms with Crippen LogP contribution in [0.4, 0.5) is 5.69 Å². The van der Waals surface area contributed by atoms with Gasteiger partial charge in [-0.3, -0.25) is 0 Å². The summed E-state index contributed by atoms with van der Waals surface area (Å²) in [5, 5.41) is 9.35. The third-order valence-electron chi connectivity index (χ3n) is 3.52. The van der Waals surface area contributed by atoms with E-state index in [4.69, 9.17) is 5.73 Å². The minimum absolute atomic E-state index is 0.0151. The molecule has 1 unspecified atom stereocenters. The number of hydrogen-bond donors (Lipinski definition) is 2. The third kappa shape index (κ3) is 4.20. The Kier molecular flexibility index (Phi) is 6.83. The van der Waals surface area contributed by atoms with Crippen LogP contribution < -0.4 is 10.6 Å². The molecule has 0 saturated heterocycles. The van der Waals surface area contributed by atoms with Crippen LogP contribution in [-0.2, 0) is 0 Å². The van der Waals surface area contributed by atoms with Crippen LogP contribution in [0, 0.1) is 0 Å². The van der Waals surface area contributed by atoms with Crippen molar-refractivity contribution in [3.63, 3.8) is 0 Å². The zero-order valence-electron chi connectivity index (χ0n) is 12.1. The van der Waals surface area contributed by atoms with Crippen molar-refractivity contribution in [1.29, 1.82) is 0 Å². The van der Waals surface area contributed by atoms with Gasteiger partial charge >= 0.3 is 0 Å². The molecule has 0 saturated carbocycles. The number of aliphatic hydroxyl groups excluding tert-OH is 1. The Morgan fingerprint density at radius 1 is 1.32 bits per heavy atom. The van der Waals surface area contributed by atoms with Crippen LogP contribution in [0.15, 0.2) is 22.7 Å². The molecule has 0 amide bonds. The molecule has 0 spiro atoms. The zero-order chi connectivity index (χ0) is 14.4. The van der Waals surface area contributed by atoms with Crippen LogP contribution >= 0.6 is 15.9 Å². The number of anilines is 1. The first-order chi connectivity index (χ1) is 9.04. The molecule has 1 aromatic rings. The summed E-state index contributed by atoms with van der Waals surface area (Å²) >= 11 is 3.53. The molecule has 1 atom stereocenters. The van der Waals surface area contributed by atoms with Crippen LogP contribution in [0.2, 0.25) is 0 Å². The molecule has 0 aliphatic carbocycles. The normalized spacial score (nSPS) is 12.8. The molecule has 4 heteroatoms. The average molecular weight is 329 g/mol. The Bertz CT molecular complexity index is 392. The maximum absolute atomic E-state index is 9.35. The van der Waals surface area contributed by atoms with Crippen molar-refractivity contribution in [2.45, 2.75) is 45.7 Å². The molecular weight excluding hydrogens is 304 g/mol. The molecule has 0 fully saturated rings. The lowest BCUT2D eigenvalue weighted by atomic mass is 10.0. The maximum atomic E-state index is 9.35. The largest absolute Gasteiger partial charge is 0.395 e. The monoisotopic (exact) mass is 328 g/mol. The zero-order valence-corrected chi connectivity index (χ0v) is 13.7. The average Bonchev–Trinajstić information content (AvgIpc) is 2.38. The molecule has 108 valence electrons. The van der Waals surface area contributed by atoms with Gasteiger partial charge in [0.1, 0.15) is 0 Å². The SMILES string of the molecule is CCC(CC)N(CCO)c1cc(Br)ccc1C(C)N. The first-order valence-electron chi connectivity index (χ1n) is 6.97. The van der Waals surface area contributed by atoms with E-state index in [1.54, 1.807) is 0 Å². The van der Waals surface area contributed by atoms with E-state index in [-0.39, 0.29) is 12.6 Å². The lowest BCUT2D eigenvalue weighted by molar-refractivity contribution is 0.296. The van der Waals surface area contributed by atoms with Gasteiger partial charge in [0.15, 0.2) is 0 Å². The van der Waals surface area contributed by atoms with Crippen LogP contribution in [0.3, 0.4) is 0 Å². The Morgan fingerprint density at radius 2 is 1.95 bits per heavy atom. The highest BCUT2D eigenvalue weighted by Gasteiger charge is 2.19. The molecule has 1 rings (SSSR count). The van der Waals surface area contributed by atoms with Crippen molar-refractivity contribution in [3.8, 4) is 0 Å². The minimum Gasteiger partial charge on any atom is -0.395 e. The number of hydrogen-bond acceptors (Lipinski definition) is 3. The highest BCUT2D eigenvalue weighted by Crippen LogP contribution is 2.31. The van der Waals surface area contributed by atoms with Crippen molar-refractivity contribution in [2.75, 3.05) is 18.1 Å².